The zero-order chi connectivity index (χ0) is 23.7. The van der Waals surface area contributed by atoms with E-state index in [1.165, 1.54) is 0 Å². The summed E-state index contributed by atoms with van der Waals surface area (Å²) in [5.74, 6) is 1.45. The van der Waals surface area contributed by atoms with Gasteiger partial charge in [-0.15, -0.1) is 0 Å². The molecule has 0 N–H and O–H groups in total. The normalized spacial score (nSPS) is 11.0. The Labute approximate surface area is 201 Å². The summed E-state index contributed by atoms with van der Waals surface area (Å²) < 4.78 is 23.1. The molecular formula is C26H22Cl2O5. The second kappa shape index (κ2) is 9.38. The molecule has 33 heavy (non-hydrogen) atoms. The van der Waals surface area contributed by atoms with Gasteiger partial charge in [-0.3, -0.25) is 4.79 Å². The van der Waals surface area contributed by atoms with Crippen LogP contribution in [0.25, 0.3) is 22.3 Å². The van der Waals surface area contributed by atoms with Gasteiger partial charge in [-0.2, -0.15) is 0 Å². The lowest BCUT2D eigenvalue weighted by molar-refractivity contribution is 0.298. The molecule has 0 spiro atoms. The summed E-state index contributed by atoms with van der Waals surface area (Å²) in [5, 5.41) is 1.44. The molecule has 0 atom stereocenters. The highest BCUT2D eigenvalue weighted by molar-refractivity contribution is 6.35. The Bertz CT molecular complexity index is 1410. The van der Waals surface area contributed by atoms with Gasteiger partial charge >= 0.3 is 0 Å². The Morgan fingerprint density at radius 2 is 1.67 bits per heavy atom. The molecule has 0 aliphatic carbocycles. The first-order valence-electron chi connectivity index (χ1n) is 10.2. The maximum absolute atomic E-state index is 13.6. The van der Waals surface area contributed by atoms with Gasteiger partial charge in [-0.1, -0.05) is 35.3 Å². The Morgan fingerprint density at radius 1 is 0.909 bits per heavy atom. The van der Waals surface area contributed by atoms with Crippen molar-refractivity contribution in [2.75, 3.05) is 14.2 Å². The zero-order valence-electron chi connectivity index (χ0n) is 18.6. The molecule has 170 valence electrons. The molecule has 7 heteroatoms. The van der Waals surface area contributed by atoms with E-state index in [1.807, 2.05) is 26.0 Å². The summed E-state index contributed by atoms with van der Waals surface area (Å²) in [6, 6.07) is 14.2. The van der Waals surface area contributed by atoms with E-state index in [9.17, 15) is 4.79 Å². The van der Waals surface area contributed by atoms with Crippen molar-refractivity contribution in [1.82, 2.24) is 0 Å². The number of fused-ring (bicyclic) bond motifs is 1. The summed E-state index contributed by atoms with van der Waals surface area (Å²) in [5.41, 5.74) is 3.33. The van der Waals surface area contributed by atoms with E-state index in [2.05, 4.69) is 0 Å². The van der Waals surface area contributed by atoms with Gasteiger partial charge in [0.2, 0.25) is 11.2 Å². The number of methoxy groups -OCH3 is 2. The van der Waals surface area contributed by atoms with Gasteiger partial charge in [0.15, 0.2) is 17.3 Å². The molecule has 0 aliphatic rings. The summed E-state index contributed by atoms with van der Waals surface area (Å²) in [6.07, 6.45) is 0. The van der Waals surface area contributed by atoms with Crippen molar-refractivity contribution >= 4 is 34.2 Å². The van der Waals surface area contributed by atoms with Gasteiger partial charge in [-0.25, -0.2) is 0 Å². The Balaban J connectivity index is 1.91. The number of rotatable bonds is 6. The van der Waals surface area contributed by atoms with Gasteiger partial charge in [0.05, 0.1) is 19.6 Å². The highest BCUT2D eigenvalue weighted by Gasteiger charge is 2.21. The Kier molecular flexibility index (Phi) is 6.54. The summed E-state index contributed by atoms with van der Waals surface area (Å²) in [6.45, 7) is 3.90. The van der Waals surface area contributed by atoms with Crippen molar-refractivity contribution in [3.63, 3.8) is 0 Å². The predicted molar refractivity (Wildman–Crippen MR) is 131 cm³/mol. The third kappa shape index (κ3) is 4.52. The number of hydrogen-bond acceptors (Lipinski definition) is 5. The number of halogens is 2. The lowest BCUT2D eigenvalue weighted by Crippen LogP contribution is -2.11. The van der Waals surface area contributed by atoms with Crippen LogP contribution in [-0.4, -0.2) is 14.2 Å². The first-order valence-corrected chi connectivity index (χ1v) is 10.9. The summed E-state index contributed by atoms with van der Waals surface area (Å²) in [7, 11) is 3.11. The average molecular weight is 485 g/mol. The van der Waals surface area contributed by atoms with Crippen molar-refractivity contribution in [1.29, 1.82) is 0 Å². The van der Waals surface area contributed by atoms with E-state index < -0.39 is 0 Å². The molecule has 0 bridgehead atoms. The molecule has 0 amide bonds. The van der Waals surface area contributed by atoms with Crippen LogP contribution >= 0.6 is 23.2 Å². The largest absolute Gasteiger partial charge is 0.493 e. The molecule has 4 rings (SSSR count). The first kappa shape index (κ1) is 23.0. The van der Waals surface area contributed by atoms with Crippen LogP contribution in [0.3, 0.4) is 0 Å². The molecular weight excluding hydrogens is 463 g/mol. The van der Waals surface area contributed by atoms with Gasteiger partial charge in [0.1, 0.15) is 12.2 Å². The van der Waals surface area contributed by atoms with Crippen LogP contribution in [0.1, 0.15) is 16.7 Å². The topological polar surface area (TPSA) is 57.9 Å². The van der Waals surface area contributed by atoms with Gasteiger partial charge in [-0.05, 0) is 61.4 Å². The van der Waals surface area contributed by atoms with Crippen molar-refractivity contribution in [3.05, 3.63) is 85.5 Å². The molecule has 1 aromatic heterocycles. The van der Waals surface area contributed by atoms with Gasteiger partial charge in [0, 0.05) is 21.2 Å². The fourth-order valence-corrected chi connectivity index (χ4v) is 4.22. The van der Waals surface area contributed by atoms with E-state index in [4.69, 9.17) is 41.8 Å². The highest BCUT2D eigenvalue weighted by Crippen LogP contribution is 2.37. The monoisotopic (exact) mass is 484 g/mol. The van der Waals surface area contributed by atoms with Crippen LogP contribution in [0.15, 0.2) is 57.7 Å². The first-order chi connectivity index (χ1) is 15.8. The molecule has 0 radical (unpaired) electrons. The van der Waals surface area contributed by atoms with Crippen LogP contribution < -0.4 is 19.6 Å². The Hall–Kier alpha value is -3.15. The van der Waals surface area contributed by atoms with Crippen LogP contribution in [0.4, 0.5) is 0 Å². The second-order valence-electron chi connectivity index (χ2n) is 7.64. The zero-order valence-corrected chi connectivity index (χ0v) is 20.1. The minimum absolute atomic E-state index is 0.0669. The van der Waals surface area contributed by atoms with Crippen LogP contribution in [0.2, 0.25) is 10.0 Å². The van der Waals surface area contributed by atoms with Gasteiger partial charge < -0.3 is 18.6 Å². The minimum Gasteiger partial charge on any atom is -0.493 e. The molecule has 5 nitrogen and oxygen atoms in total. The maximum atomic E-state index is 13.6. The van der Waals surface area contributed by atoms with Crippen molar-refractivity contribution in [2.24, 2.45) is 0 Å². The highest BCUT2D eigenvalue weighted by atomic mass is 35.5. The third-order valence-corrected chi connectivity index (χ3v) is 5.92. The molecule has 0 fully saturated rings. The second-order valence-corrected chi connectivity index (χ2v) is 8.48. The molecule has 0 aliphatic heterocycles. The van der Waals surface area contributed by atoms with E-state index >= 15 is 0 Å². The lowest BCUT2D eigenvalue weighted by Gasteiger charge is -2.15. The van der Waals surface area contributed by atoms with E-state index in [1.54, 1.807) is 50.6 Å². The molecule has 4 aromatic rings. The molecule has 3 aromatic carbocycles. The number of aryl methyl sites for hydroxylation is 2. The fraction of sp³-hybridized carbons (Fsp3) is 0.192. The number of benzene rings is 3. The summed E-state index contributed by atoms with van der Waals surface area (Å²) in [4.78, 5) is 13.6. The third-order valence-electron chi connectivity index (χ3n) is 5.33. The maximum Gasteiger partial charge on any atom is 0.235 e. The van der Waals surface area contributed by atoms with E-state index in [-0.39, 0.29) is 17.8 Å². The predicted octanol–water partition coefficient (Wildman–Crippen LogP) is 6.98. The Morgan fingerprint density at radius 3 is 2.36 bits per heavy atom. The fourth-order valence-electron chi connectivity index (χ4n) is 3.76. The van der Waals surface area contributed by atoms with Crippen LogP contribution in [0, 0.1) is 13.8 Å². The van der Waals surface area contributed by atoms with Crippen LogP contribution in [-0.2, 0) is 6.61 Å². The SMILES string of the molecule is COc1ccc(-c2oc3cc(C)cc(C)c3c(=O)c2OCc2ccc(Cl)cc2Cl)cc1OC. The number of hydrogen-bond donors (Lipinski definition) is 0. The molecule has 0 unspecified atom stereocenters. The van der Waals surface area contributed by atoms with E-state index in [0.717, 1.165) is 11.1 Å². The molecule has 0 saturated carbocycles. The van der Waals surface area contributed by atoms with Crippen LogP contribution in [0.5, 0.6) is 17.2 Å². The standard InChI is InChI=1S/C26H22Cl2O5/c1-14-9-15(2)23-22(10-14)33-25(16-6-8-20(30-3)21(11-16)31-4)26(24(23)29)32-13-17-5-7-18(27)12-19(17)28/h5-12H,13H2,1-4H3. The quantitative estimate of drug-likeness (QED) is 0.295. The number of ether oxygens (including phenoxy) is 3. The van der Waals surface area contributed by atoms with Gasteiger partial charge in [0.25, 0.3) is 0 Å². The smallest absolute Gasteiger partial charge is 0.235 e. The molecule has 0 saturated heterocycles. The van der Waals surface area contributed by atoms with Crippen molar-refractivity contribution in [3.8, 4) is 28.6 Å². The van der Waals surface area contributed by atoms with E-state index in [0.29, 0.717) is 49.4 Å². The lowest BCUT2D eigenvalue weighted by atomic mass is 10.0. The average Bonchev–Trinajstić information content (AvgIpc) is 2.78. The van der Waals surface area contributed by atoms with Crippen molar-refractivity contribution in [2.45, 2.75) is 20.5 Å². The minimum atomic E-state index is -0.261. The van der Waals surface area contributed by atoms with Crippen molar-refractivity contribution < 1.29 is 18.6 Å². The molecule has 1 heterocycles. The summed E-state index contributed by atoms with van der Waals surface area (Å²) >= 11 is 12.3.